The Kier molecular flexibility index (Phi) is 2.91. The molecule has 0 radical (unpaired) electrons. The highest BCUT2D eigenvalue weighted by Gasteiger charge is 2.33. The summed E-state index contributed by atoms with van der Waals surface area (Å²) in [6, 6.07) is 7.95. The van der Waals surface area contributed by atoms with E-state index in [0.717, 1.165) is 27.5 Å². The van der Waals surface area contributed by atoms with Crippen molar-refractivity contribution in [3.05, 3.63) is 51.9 Å². The van der Waals surface area contributed by atoms with Crippen molar-refractivity contribution in [3.63, 3.8) is 0 Å². The van der Waals surface area contributed by atoms with E-state index in [2.05, 4.69) is 31.5 Å². The Balaban J connectivity index is 1.81. The predicted octanol–water partition coefficient (Wildman–Crippen LogP) is 0.315. The van der Waals surface area contributed by atoms with Gasteiger partial charge < -0.3 is 24.2 Å². The van der Waals surface area contributed by atoms with E-state index in [0.29, 0.717) is 5.75 Å². The molecule has 25 heavy (non-hydrogen) atoms. The third-order valence-electron chi connectivity index (χ3n) is 5.16. The summed E-state index contributed by atoms with van der Waals surface area (Å²) >= 11 is 0. The molecule has 2 aliphatic heterocycles. The predicted molar refractivity (Wildman–Crippen MR) is 93.0 cm³/mol. The van der Waals surface area contributed by atoms with Crippen LogP contribution in [0.25, 0.3) is 17.8 Å². The van der Waals surface area contributed by atoms with E-state index in [1.54, 1.807) is 13.2 Å². The smallest absolute Gasteiger partial charge is 0.231 e. The van der Waals surface area contributed by atoms with Gasteiger partial charge in [0.2, 0.25) is 6.79 Å². The Labute approximate surface area is 144 Å². The molecule has 2 aromatic carbocycles. The van der Waals surface area contributed by atoms with Crippen LogP contribution in [0.1, 0.15) is 17.2 Å². The Hall–Kier alpha value is -2.92. The van der Waals surface area contributed by atoms with E-state index in [1.807, 2.05) is 12.1 Å². The van der Waals surface area contributed by atoms with Gasteiger partial charge in [0.1, 0.15) is 12.2 Å². The number of phenolic OH excluding ortho intramolecular Hbond substituents is 1. The quantitative estimate of drug-likeness (QED) is 0.787. The van der Waals surface area contributed by atoms with Crippen LogP contribution in [0.4, 0.5) is 0 Å². The van der Waals surface area contributed by atoms with Crippen molar-refractivity contribution in [2.45, 2.75) is 6.04 Å². The molecule has 126 valence electrons. The molecule has 5 rings (SSSR count). The van der Waals surface area contributed by atoms with Gasteiger partial charge in [0.25, 0.3) is 0 Å². The number of nitrogens with one attached hydrogen (secondary N) is 1. The standard InChI is InChI=1S/C20H17NO4/c1-21-9-15-12(5-6-16(22)20(15)23-2)13-4-3-11-7-17-18(25-10-24-17)8-14(11)19(13)21/h3-9,19,22H,10H2,1-2H3/p+1. The monoisotopic (exact) mass is 336 g/mol. The molecular formula is C20H18NO4+. The van der Waals surface area contributed by atoms with Crippen LogP contribution < -0.4 is 29.5 Å². The number of ether oxygens (including phenoxy) is 3. The Morgan fingerprint density at radius 3 is 2.76 bits per heavy atom. The molecular weight excluding hydrogens is 318 g/mol. The summed E-state index contributed by atoms with van der Waals surface area (Å²) in [5.41, 5.74) is 3.58. The first-order chi connectivity index (χ1) is 12.2. The fraction of sp³-hybridized carbons (Fsp3) is 0.200. The number of hydrogen-bond acceptors (Lipinski definition) is 4. The highest BCUT2D eigenvalue weighted by Crippen LogP contribution is 2.40. The largest absolute Gasteiger partial charge is 0.504 e. The van der Waals surface area contributed by atoms with Crippen LogP contribution in [0.2, 0.25) is 0 Å². The molecule has 0 saturated carbocycles. The Bertz CT molecular complexity index is 1050. The maximum Gasteiger partial charge on any atom is 0.231 e. The molecule has 0 bridgehead atoms. The number of hydrogen-bond donors (Lipinski definition) is 2. The molecule has 2 aromatic rings. The summed E-state index contributed by atoms with van der Waals surface area (Å²) in [5, 5.41) is 12.1. The maximum atomic E-state index is 10.1. The van der Waals surface area contributed by atoms with Crippen LogP contribution in [0.5, 0.6) is 23.0 Å². The lowest BCUT2D eigenvalue weighted by Crippen LogP contribution is -3.06. The molecule has 0 fully saturated rings. The lowest BCUT2D eigenvalue weighted by Gasteiger charge is -2.30. The molecule has 0 saturated heterocycles. The first-order valence-electron chi connectivity index (χ1n) is 8.24. The van der Waals surface area contributed by atoms with E-state index in [1.165, 1.54) is 16.0 Å². The fourth-order valence-corrected chi connectivity index (χ4v) is 4.06. The molecule has 5 nitrogen and oxygen atoms in total. The van der Waals surface area contributed by atoms with Crippen LogP contribution in [-0.2, 0) is 0 Å². The number of fused-ring (bicyclic) bond motifs is 5. The van der Waals surface area contributed by atoms with Crippen molar-refractivity contribution in [1.29, 1.82) is 0 Å². The van der Waals surface area contributed by atoms with Crippen molar-refractivity contribution in [3.8, 4) is 23.0 Å². The van der Waals surface area contributed by atoms with Crippen molar-refractivity contribution in [1.82, 2.24) is 0 Å². The average Bonchev–Trinajstić information content (AvgIpc) is 3.06. The minimum atomic E-state index is 0.160. The Morgan fingerprint density at radius 1 is 1.16 bits per heavy atom. The van der Waals surface area contributed by atoms with E-state index < -0.39 is 0 Å². The zero-order chi connectivity index (χ0) is 17.1. The van der Waals surface area contributed by atoms with Gasteiger partial charge in [-0.25, -0.2) is 0 Å². The highest BCUT2D eigenvalue weighted by atomic mass is 16.7. The highest BCUT2D eigenvalue weighted by molar-refractivity contribution is 5.80. The fourth-order valence-electron chi connectivity index (χ4n) is 4.06. The molecule has 3 aliphatic rings. The number of quaternary nitrogens is 1. The molecule has 0 aromatic heterocycles. The molecule has 1 aliphatic carbocycles. The minimum Gasteiger partial charge on any atom is -0.504 e. The van der Waals surface area contributed by atoms with Crippen LogP contribution >= 0.6 is 0 Å². The zero-order valence-corrected chi connectivity index (χ0v) is 14.0. The summed E-state index contributed by atoms with van der Waals surface area (Å²) in [5.74, 6) is 2.28. The zero-order valence-electron chi connectivity index (χ0n) is 14.0. The van der Waals surface area contributed by atoms with Crippen LogP contribution in [-0.4, -0.2) is 26.1 Å². The average molecular weight is 336 g/mol. The van der Waals surface area contributed by atoms with Gasteiger partial charge >= 0.3 is 0 Å². The lowest BCUT2D eigenvalue weighted by atomic mass is 9.85. The molecule has 5 heteroatoms. The summed E-state index contributed by atoms with van der Waals surface area (Å²) < 4.78 is 16.5. The summed E-state index contributed by atoms with van der Waals surface area (Å²) in [6.07, 6.45) is 6.38. The van der Waals surface area contributed by atoms with Crippen molar-refractivity contribution >= 4 is 17.8 Å². The molecule has 2 unspecified atom stereocenters. The van der Waals surface area contributed by atoms with E-state index >= 15 is 0 Å². The minimum absolute atomic E-state index is 0.160. The first kappa shape index (κ1) is 14.4. The molecule has 2 N–H and O–H groups in total. The van der Waals surface area contributed by atoms with Gasteiger partial charge in [-0.2, -0.15) is 0 Å². The van der Waals surface area contributed by atoms with E-state index in [4.69, 9.17) is 14.2 Å². The number of benzene rings is 2. The van der Waals surface area contributed by atoms with Crippen molar-refractivity contribution in [2.24, 2.45) is 0 Å². The van der Waals surface area contributed by atoms with E-state index in [-0.39, 0.29) is 18.6 Å². The van der Waals surface area contributed by atoms with Gasteiger partial charge in [-0.3, -0.25) is 0 Å². The van der Waals surface area contributed by atoms with Crippen molar-refractivity contribution in [2.75, 3.05) is 21.0 Å². The maximum absolute atomic E-state index is 10.1. The summed E-state index contributed by atoms with van der Waals surface area (Å²) in [4.78, 5) is 1.20. The lowest BCUT2D eigenvalue weighted by molar-refractivity contribution is -0.821. The van der Waals surface area contributed by atoms with Crippen LogP contribution in [0, 0.1) is 0 Å². The topological polar surface area (TPSA) is 52.4 Å². The first-order valence-corrected chi connectivity index (χ1v) is 8.24. The van der Waals surface area contributed by atoms with Gasteiger partial charge in [0.15, 0.2) is 23.0 Å². The Morgan fingerprint density at radius 2 is 1.96 bits per heavy atom. The second-order valence-corrected chi connectivity index (χ2v) is 6.52. The van der Waals surface area contributed by atoms with Gasteiger partial charge in [-0.1, -0.05) is 12.2 Å². The second kappa shape index (κ2) is 5.04. The summed E-state index contributed by atoms with van der Waals surface area (Å²) in [6.45, 7) is 0.275. The normalized spacial score (nSPS) is 21.9. The number of rotatable bonds is 1. The van der Waals surface area contributed by atoms with Gasteiger partial charge in [0, 0.05) is 16.4 Å². The van der Waals surface area contributed by atoms with Gasteiger partial charge in [0.05, 0.1) is 19.4 Å². The SMILES string of the molecule is COc1c(O)ccc2c1=C[NH+](C)C1C=2C=Cc2cc3c(cc21)OCO3. The molecule has 2 atom stereocenters. The molecule has 0 spiro atoms. The van der Waals surface area contributed by atoms with E-state index in [9.17, 15) is 5.11 Å². The van der Waals surface area contributed by atoms with Crippen LogP contribution in [0.15, 0.2) is 30.3 Å². The van der Waals surface area contributed by atoms with Crippen LogP contribution in [0.3, 0.4) is 0 Å². The number of aromatic hydroxyl groups is 1. The van der Waals surface area contributed by atoms with Gasteiger partial charge in [-0.05, 0) is 29.8 Å². The third-order valence-corrected chi connectivity index (χ3v) is 5.16. The molecule has 0 amide bonds. The molecule has 2 heterocycles. The van der Waals surface area contributed by atoms with Crippen molar-refractivity contribution < 1.29 is 24.2 Å². The second-order valence-electron chi connectivity index (χ2n) is 6.52. The number of phenols is 1. The number of methoxy groups -OCH3 is 1. The third kappa shape index (κ3) is 1.93. The van der Waals surface area contributed by atoms with Gasteiger partial charge in [-0.15, -0.1) is 0 Å². The summed E-state index contributed by atoms with van der Waals surface area (Å²) in [7, 11) is 3.70.